The second-order valence-electron chi connectivity index (χ2n) is 2.28. The Hall–Kier alpha value is 0.610. The van der Waals surface area contributed by atoms with Crippen molar-refractivity contribution < 1.29 is 9.53 Å². The fourth-order valence-electron chi connectivity index (χ4n) is 0.737. The predicted molar refractivity (Wildman–Crippen MR) is 69.0 cm³/mol. The van der Waals surface area contributed by atoms with Crippen molar-refractivity contribution in [3.8, 4) is 5.75 Å². The van der Waals surface area contributed by atoms with Crippen molar-refractivity contribution >= 4 is 69.7 Å². The van der Waals surface area contributed by atoms with Crippen molar-refractivity contribution in [2.45, 2.75) is 0 Å². The topological polar surface area (TPSA) is 26.3 Å². The molecule has 0 aromatic heterocycles. The van der Waals surface area contributed by atoms with Crippen LogP contribution >= 0.6 is 63.7 Å². The molecule has 6 heteroatoms. The van der Waals surface area contributed by atoms with Crippen LogP contribution in [-0.4, -0.2) is 11.3 Å². The molecule has 0 aliphatic heterocycles. The van der Waals surface area contributed by atoms with Crippen LogP contribution in [0.4, 0.5) is 0 Å². The van der Waals surface area contributed by atoms with E-state index in [2.05, 4.69) is 63.7 Å². The van der Waals surface area contributed by atoms with Gasteiger partial charge in [-0.05, 0) is 59.9 Å². The van der Waals surface area contributed by atoms with Gasteiger partial charge in [0.2, 0.25) is 0 Å². The molecule has 14 heavy (non-hydrogen) atoms. The summed E-state index contributed by atoms with van der Waals surface area (Å²) in [6.45, 7) is 0. The van der Waals surface area contributed by atoms with Gasteiger partial charge in [0.15, 0.2) is 0 Å². The van der Waals surface area contributed by atoms with Crippen molar-refractivity contribution in [1.29, 1.82) is 0 Å². The van der Waals surface area contributed by atoms with Gasteiger partial charge < -0.3 is 4.74 Å². The van der Waals surface area contributed by atoms with Gasteiger partial charge in [0, 0.05) is 8.95 Å². The van der Waals surface area contributed by atoms with Gasteiger partial charge in [0.1, 0.15) is 11.1 Å². The van der Waals surface area contributed by atoms with Crippen molar-refractivity contribution in [3.05, 3.63) is 25.6 Å². The molecule has 0 saturated heterocycles. The molecular weight excluding hydrogens is 448 g/mol. The highest BCUT2D eigenvalue weighted by molar-refractivity contribution is 9.14. The molecule has 0 atom stereocenters. The number of carbonyl (C=O) groups is 1. The van der Waals surface area contributed by atoms with E-state index >= 15 is 0 Å². The maximum Gasteiger partial charge on any atom is 0.321 e. The average molecular weight is 452 g/mol. The van der Waals surface area contributed by atoms with Crippen LogP contribution in [0.25, 0.3) is 0 Å². The Morgan fingerprint density at radius 3 is 2.43 bits per heavy atom. The van der Waals surface area contributed by atoms with Crippen molar-refractivity contribution in [2.24, 2.45) is 0 Å². The van der Waals surface area contributed by atoms with E-state index in [1.54, 1.807) is 12.1 Å². The molecule has 1 aromatic carbocycles. The van der Waals surface area contributed by atoms with E-state index in [9.17, 15) is 4.79 Å². The summed E-state index contributed by atoms with van der Waals surface area (Å²) in [4.78, 5) is 11.0. The van der Waals surface area contributed by atoms with E-state index in [1.165, 1.54) is 0 Å². The van der Waals surface area contributed by atoms with Gasteiger partial charge in [-0.25, -0.2) is 0 Å². The zero-order chi connectivity index (χ0) is 10.7. The zero-order valence-corrected chi connectivity index (χ0v) is 13.0. The summed E-state index contributed by atoms with van der Waals surface area (Å²) in [6.07, 6.45) is 0. The molecule has 0 unspecified atom stereocenters. The minimum atomic E-state index is -0.333. The predicted octanol–water partition coefficient (Wildman–Crippen LogP) is 4.27. The highest BCUT2D eigenvalue weighted by Gasteiger charge is 2.11. The van der Waals surface area contributed by atoms with Crippen LogP contribution in [0.3, 0.4) is 0 Å². The molecule has 0 aliphatic carbocycles. The number of ether oxygens (including phenoxy) is 1. The second-order valence-corrected chi connectivity index (χ2v) is 5.28. The Morgan fingerprint density at radius 2 is 1.86 bits per heavy atom. The summed E-state index contributed by atoms with van der Waals surface area (Å²) in [7, 11) is 0. The van der Waals surface area contributed by atoms with Crippen LogP contribution < -0.4 is 4.74 Å². The Kier molecular flexibility index (Phi) is 5.10. The summed E-state index contributed by atoms with van der Waals surface area (Å²) >= 11 is 13.0. The van der Waals surface area contributed by atoms with E-state index in [1.807, 2.05) is 0 Å². The van der Waals surface area contributed by atoms with Crippen molar-refractivity contribution in [2.75, 3.05) is 5.33 Å². The first-order chi connectivity index (χ1) is 6.56. The maximum absolute atomic E-state index is 11.0. The standard InChI is InChI=1S/C8H4Br4O2/c9-3-6(13)14-5-2-1-4(10)7(11)8(5)12/h1-2H,3H2. The SMILES string of the molecule is O=C(CBr)Oc1ccc(Br)c(Br)c1Br. The lowest BCUT2D eigenvalue weighted by molar-refractivity contribution is -0.131. The number of alkyl halides is 1. The number of halogens is 4. The molecule has 1 rings (SSSR count). The Labute approximate surface area is 115 Å². The van der Waals surface area contributed by atoms with Crippen LogP contribution in [0.1, 0.15) is 0 Å². The minimum Gasteiger partial charge on any atom is -0.425 e. The molecule has 0 fully saturated rings. The first-order valence-electron chi connectivity index (χ1n) is 3.46. The number of hydrogen-bond donors (Lipinski definition) is 0. The third kappa shape index (κ3) is 3.05. The first-order valence-corrected chi connectivity index (χ1v) is 6.96. The van der Waals surface area contributed by atoms with E-state index in [0.717, 1.165) is 8.95 Å². The van der Waals surface area contributed by atoms with Gasteiger partial charge in [-0.2, -0.15) is 0 Å². The van der Waals surface area contributed by atoms with Crippen LogP contribution in [0.15, 0.2) is 25.6 Å². The van der Waals surface area contributed by atoms with E-state index in [0.29, 0.717) is 10.2 Å². The number of esters is 1. The average Bonchev–Trinajstić information content (AvgIpc) is 2.19. The zero-order valence-electron chi connectivity index (χ0n) is 6.69. The van der Waals surface area contributed by atoms with Gasteiger partial charge in [-0.3, -0.25) is 4.79 Å². The smallest absolute Gasteiger partial charge is 0.321 e. The number of rotatable bonds is 2. The molecule has 0 bridgehead atoms. The highest BCUT2D eigenvalue weighted by atomic mass is 79.9. The fraction of sp³-hybridized carbons (Fsp3) is 0.125. The minimum absolute atomic E-state index is 0.174. The van der Waals surface area contributed by atoms with E-state index in [-0.39, 0.29) is 11.3 Å². The molecule has 0 radical (unpaired) electrons. The summed E-state index contributed by atoms with van der Waals surface area (Å²) < 4.78 is 7.46. The van der Waals surface area contributed by atoms with Gasteiger partial charge in [-0.15, -0.1) is 0 Å². The fourth-order valence-corrected chi connectivity index (χ4v) is 2.20. The van der Waals surface area contributed by atoms with E-state index in [4.69, 9.17) is 4.74 Å². The van der Waals surface area contributed by atoms with Crippen LogP contribution in [0.2, 0.25) is 0 Å². The summed E-state index contributed by atoms with van der Waals surface area (Å²) in [5.41, 5.74) is 0. The van der Waals surface area contributed by atoms with Gasteiger partial charge in [0.25, 0.3) is 0 Å². The molecule has 0 aliphatic rings. The Balaban J connectivity index is 3.00. The first kappa shape index (κ1) is 12.7. The third-order valence-electron chi connectivity index (χ3n) is 1.33. The molecule has 0 amide bonds. The normalized spacial score (nSPS) is 10.0. The lowest BCUT2D eigenvalue weighted by Gasteiger charge is -2.07. The Bertz CT molecular complexity index is 365. The maximum atomic E-state index is 11.0. The molecule has 2 nitrogen and oxygen atoms in total. The lowest BCUT2D eigenvalue weighted by atomic mass is 10.3. The number of carbonyl (C=O) groups excluding carboxylic acids is 1. The summed E-state index contributed by atoms with van der Waals surface area (Å²) in [6, 6.07) is 3.51. The molecule has 0 N–H and O–H groups in total. The quantitative estimate of drug-likeness (QED) is 0.290. The molecule has 0 saturated carbocycles. The number of hydrogen-bond acceptors (Lipinski definition) is 2. The van der Waals surface area contributed by atoms with Crippen LogP contribution in [0.5, 0.6) is 5.75 Å². The van der Waals surface area contributed by atoms with Crippen molar-refractivity contribution in [1.82, 2.24) is 0 Å². The van der Waals surface area contributed by atoms with Gasteiger partial charge >= 0.3 is 5.97 Å². The van der Waals surface area contributed by atoms with Crippen LogP contribution in [-0.2, 0) is 4.79 Å². The summed E-state index contributed by atoms with van der Waals surface area (Å²) in [5.74, 6) is 0.157. The van der Waals surface area contributed by atoms with Gasteiger partial charge in [0.05, 0.1) is 4.47 Å². The van der Waals surface area contributed by atoms with Crippen LogP contribution in [0, 0.1) is 0 Å². The lowest BCUT2D eigenvalue weighted by Crippen LogP contribution is -2.09. The summed E-state index contributed by atoms with van der Waals surface area (Å²) in [5, 5.41) is 0.174. The molecule has 0 spiro atoms. The van der Waals surface area contributed by atoms with Gasteiger partial charge in [-0.1, -0.05) is 15.9 Å². The Morgan fingerprint density at radius 1 is 1.21 bits per heavy atom. The highest BCUT2D eigenvalue weighted by Crippen LogP contribution is 2.37. The monoisotopic (exact) mass is 448 g/mol. The van der Waals surface area contributed by atoms with E-state index < -0.39 is 0 Å². The number of benzene rings is 1. The van der Waals surface area contributed by atoms with Crippen molar-refractivity contribution in [3.63, 3.8) is 0 Å². The third-order valence-corrected chi connectivity index (χ3v) is 5.13. The largest absolute Gasteiger partial charge is 0.425 e. The second kappa shape index (κ2) is 5.63. The molecule has 0 heterocycles. The molecule has 76 valence electrons. The molecular formula is C8H4Br4O2. The molecule has 1 aromatic rings.